The van der Waals surface area contributed by atoms with Crippen molar-refractivity contribution in [1.82, 2.24) is 0 Å². The van der Waals surface area contributed by atoms with Crippen LogP contribution in [0.3, 0.4) is 0 Å². The molecule has 0 saturated carbocycles. The first-order valence-corrected chi connectivity index (χ1v) is 19.7. The molecule has 0 aliphatic rings. The van der Waals surface area contributed by atoms with E-state index in [0.29, 0.717) is 47.7 Å². The smallest absolute Gasteiger partial charge is 0.407 e. The molecule has 0 saturated heterocycles. The number of halogens is 2. The summed E-state index contributed by atoms with van der Waals surface area (Å²) in [7, 11) is 0. The molecule has 0 heterocycles. The Morgan fingerprint density at radius 2 is 0.790 bits per heavy atom. The van der Waals surface area contributed by atoms with Gasteiger partial charge in [-0.05, 0) is 34.4 Å². The minimum Gasteiger partial charge on any atom is -0.543 e. The van der Waals surface area contributed by atoms with Crippen molar-refractivity contribution in [2.24, 2.45) is 0 Å². The largest absolute Gasteiger partial charge is 0.543 e. The lowest BCUT2D eigenvalue weighted by Gasteiger charge is -2.27. The predicted molar refractivity (Wildman–Crippen MR) is 233 cm³/mol. The van der Waals surface area contributed by atoms with Crippen LogP contribution in [0.15, 0.2) is 146 Å². The fraction of sp³-hybridized carbons (Fsp3) is 0.174. The van der Waals surface area contributed by atoms with E-state index in [4.69, 9.17) is 52.5 Å². The maximum absolute atomic E-state index is 9.19. The number of nitrogens with zero attached hydrogens (tertiary/aromatic N) is 6. The molecule has 0 fully saturated rings. The molecular weight excluding hydrogens is 835 g/mol. The fourth-order valence-corrected chi connectivity index (χ4v) is 6.31. The van der Waals surface area contributed by atoms with Crippen LogP contribution >= 0.6 is 23.2 Å². The number of rotatable bonds is 16. The summed E-state index contributed by atoms with van der Waals surface area (Å²) in [6.07, 6.45) is 0. The van der Waals surface area contributed by atoms with E-state index in [1.807, 2.05) is 72.8 Å². The van der Waals surface area contributed by atoms with E-state index in [2.05, 4.69) is 68.3 Å². The molecule has 0 aliphatic carbocycles. The molecule has 0 aromatic heterocycles. The average molecular weight is 878 g/mol. The number of carboxylic acid groups (broad SMARTS) is 2. The Bertz CT molecular complexity index is 2170. The molecule has 6 aromatic carbocycles. The summed E-state index contributed by atoms with van der Waals surface area (Å²) in [6.45, 7) is 2.56. The summed E-state index contributed by atoms with van der Waals surface area (Å²) in [6, 6.07) is 47.0. The van der Waals surface area contributed by atoms with Crippen LogP contribution in [0.25, 0.3) is 9.95 Å². The number of aliphatic hydroxyl groups excluding tert-OH is 2. The van der Waals surface area contributed by atoms with Crippen molar-refractivity contribution < 1.29 is 39.5 Å². The molecule has 62 heavy (non-hydrogen) atoms. The van der Waals surface area contributed by atoms with E-state index in [1.54, 1.807) is 24.3 Å². The topological polar surface area (TPSA) is 202 Å². The minimum absolute atomic E-state index is 0.120. The normalized spacial score (nSPS) is 10.0. The highest BCUT2D eigenvalue weighted by atomic mass is 35.5. The lowest BCUT2D eigenvalue weighted by molar-refractivity contribution is -0.345. The van der Waals surface area contributed by atoms with Gasteiger partial charge in [0, 0.05) is 26.2 Å². The van der Waals surface area contributed by atoms with Crippen LogP contribution in [0.2, 0.25) is 10.0 Å². The number of carbonyl (C=O) groups is 2. The van der Waals surface area contributed by atoms with Gasteiger partial charge >= 0.3 is 11.4 Å². The minimum atomic E-state index is -2.19. The molecule has 6 rings (SSSR count). The zero-order valence-electron chi connectivity index (χ0n) is 33.3. The maximum atomic E-state index is 9.19. The Morgan fingerprint density at radius 3 is 1.02 bits per heavy atom. The van der Waals surface area contributed by atoms with Gasteiger partial charge in [0.25, 0.3) is 0 Å². The summed E-state index contributed by atoms with van der Waals surface area (Å²) in [4.78, 5) is 28.6. The Morgan fingerprint density at radius 1 is 0.516 bits per heavy atom. The van der Waals surface area contributed by atoms with Crippen molar-refractivity contribution in [1.29, 1.82) is 10.8 Å². The highest BCUT2D eigenvalue weighted by Gasteiger charge is 2.24. The van der Waals surface area contributed by atoms with Crippen molar-refractivity contribution in [2.45, 2.75) is 26.2 Å². The van der Waals surface area contributed by atoms with Crippen LogP contribution in [0, 0.1) is 10.8 Å². The average Bonchev–Trinajstić information content (AvgIpc) is 3.29. The van der Waals surface area contributed by atoms with E-state index in [0.717, 1.165) is 33.6 Å². The zero-order valence-corrected chi connectivity index (χ0v) is 34.8. The lowest BCUT2D eigenvalue weighted by atomic mass is 10.1. The molecule has 0 spiro atoms. The summed E-state index contributed by atoms with van der Waals surface area (Å²) >= 11 is 12.6. The van der Waals surface area contributed by atoms with Crippen molar-refractivity contribution in [2.75, 3.05) is 36.2 Å². The van der Waals surface area contributed by atoms with E-state index in [9.17, 15) is 21.0 Å². The number of diazo groups is 2. The molecule has 0 bridgehead atoms. The van der Waals surface area contributed by atoms with Gasteiger partial charge in [-0.25, -0.2) is 0 Å². The van der Waals surface area contributed by atoms with Gasteiger partial charge in [-0.2, -0.15) is 0 Å². The van der Waals surface area contributed by atoms with Crippen molar-refractivity contribution in [3.63, 3.8) is 0 Å². The molecule has 0 unspecified atom stereocenters. The maximum Gasteiger partial charge on any atom is 0.407 e. The van der Waals surface area contributed by atoms with E-state index < -0.39 is 11.9 Å². The number of hydrogen-bond acceptors (Lipinski definition) is 12. The van der Waals surface area contributed by atoms with Crippen molar-refractivity contribution >= 4 is 57.9 Å². The number of hydrogen-bond donors (Lipinski definition) is 2. The number of carbonyl (C=O) groups excluding carboxylic acids is 2. The molecule has 0 atom stereocenters. The monoisotopic (exact) mass is 876 g/mol. The van der Waals surface area contributed by atoms with Gasteiger partial charge in [0.05, 0.1) is 48.7 Å². The van der Waals surface area contributed by atoms with Crippen molar-refractivity contribution in [3.05, 3.63) is 188 Å². The summed E-state index contributed by atoms with van der Waals surface area (Å²) in [5.74, 6) is -3.37. The van der Waals surface area contributed by atoms with Crippen LogP contribution < -0.4 is 29.5 Å². The molecule has 0 radical (unpaired) electrons. The number of aliphatic carboxylic acids is 2. The number of aliphatic hydroxyl groups is 2. The second-order valence-electron chi connectivity index (χ2n) is 13.1. The second-order valence-corrected chi connectivity index (χ2v) is 13.9. The van der Waals surface area contributed by atoms with Gasteiger partial charge in [0.2, 0.25) is 10.8 Å². The third-order valence-corrected chi connectivity index (χ3v) is 9.29. The summed E-state index contributed by atoms with van der Waals surface area (Å²) in [5, 5.41) is 55.2. The van der Waals surface area contributed by atoms with Gasteiger partial charge in [-0.3, -0.25) is 0 Å². The van der Waals surface area contributed by atoms with Gasteiger partial charge in [0.15, 0.2) is 21.5 Å². The third-order valence-electron chi connectivity index (χ3n) is 8.68. The van der Waals surface area contributed by atoms with Crippen LogP contribution in [0.5, 0.6) is 11.5 Å². The Balaban J connectivity index is 0.000000241. The van der Waals surface area contributed by atoms with Gasteiger partial charge in [-0.15, -0.1) is 0 Å². The van der Waals surface area contributed by atoms with Crippen LogP contribution in [0.1, 0.15) is 22.3 Å². The number of ether oxygens (including phenoxy) is 2. The summed E-state index contributed by atoms with van der Waals surface area (Å²) in [5.41, 5.74) is 6.52. The van der Waals surface area contributed by atoms with Crippen LogP contribution in [0.4, 0.5) is 22.7 Å². The van der Waals surface area contributed by atoms with Crippen LogP contribution in [-0.4, -0.2) is 48.6 Å². The molecule has 6 aromatic rings. The standard InChI is InChI=1S/2C22H21ClN3O2.C2H2O4/c2*23-19-13-21(22(28-12-11-27)14-20(19)25-24)26(15-17-7-3-1-4-8-17)16-18-9-5-2-6-10-18;3-1(4)2(5)6/h2*1-10,13-14,27H,11-12,15-16H2;(H,3,4)(H,5,6)/q2*+1;/p-2. The Hall–Kier alpha value is -7.20. The molecule has 2 N–H and O–H groups in total. The fourth-order valence-electron chi connectivity index (χ4n) is 5.92. The number of anilines is 2. The van der Waals surface area contributed by atoms with Gasteiger partial charge < -0.3 is 49.3 Å². The first-order valence-electron chi connectivity index (χ1n) is 19.0. The Kier molecular flexibility index (Phi) is 19.5. The SMILES string of the molecule is N#[N+]c1cc(OCCO)c(N(Cc2ccccc2)Cc2ccccc2)cc1Cl.N#[N+]c1cc(OCCO)c(N(Cc2ccccc2)Cc2ccccc2)cc1Cl.O=C([O-])C(=O)[O-]. The first-order chi connectivity index (χ1) is 30.1. The van der Waals surface area contributed by atoms with E-state index >= 15 is 0 Å². The molecule has 14 nitrogen and oxygen atoms in total. The molecule has 16 heteroatoms. The van der Waals surface area contributed by atoms with Crippen LogP contribution in [-0.2, 0) is 35.8 Å². The quantitative estimate of drug-likeness (QED) is 0.0727. The zero-order chi connectivity index (χ0) is 44.7. The molecule has 0 amide bonds. The second kappa shape index (κ2) is 25.4. The molecule has 318 valence electrons. The van der Waals surface area contributed by atoms with E-state index in [1.165, 1.54) is 0 Å². The summed E-state index contributed by atoms with van der Waals surface area (Å²) < 4.78 is 11.4. The van der Waals surface area contributed by atoms with Gasteiger partial charge in [-0.1, -0.05) is 145 Å². The highest BCUT2D eigenvalue weighted by molar-refractivity contribution is 6.34. The predicted octanol–water partition coefficient (Wildman–Crippen LogP) is 7.29. The highest BCUT2D eigenvalue weighted by Crippen LogP contribution is 2.41. The lowest BCUT2D eigenvalue weighted by Crippen LogP contribution is -2.42. The van der Waals surface area contributed by atoms with Gasteiger partial charge in [0.1, 0.15) is 23.3 Å². The number of benzene rings is 6. The molecular formula is C46H42Cl2N6O8. The Labute approximate surface area is 368 Å². The number of carboxylic acids is 2. The molecule has 0 aliphatic heterocycles. The van der Waals surface area contributed by atoms with Crippen molar-refractivity contribution in [3.8, 4) is 11.5 Å². The third kappa shape index (κ3) is 15.1. The van der Waals surface area contributed by atoms with E-state index in [-0.39, 0.29) is 37.8 Å². The first kappa shape index (κ1) is 47.5.